The highest BCUT2D eigenvalue weighted by Crippen LogP contribution is 2.42. The van der Waals surface area contributed by atoms with Gasteiger partial charge in [0.05, 0.1) is 8.16 Å². The molecule has 1 unspecified atom stereocenters. The first-order valence-corrected chi connectivity index (χ1v) is 12.8. The molecule has 2 aliphatic heterocycles. The lowest BCUT2D eigenvalue weighted by Gasteiger charge is -2.31. The van der Waals surface area contributed by atoms with Gasteiger partial charge in [0.1, 0.15) is 12.2 Å². The summed E-state index contributed by atoms with van der Waals surface area (Å²) in [6.07, 6.45) is -0.532. The number of ether oxygens (including phenoxy) is 1. The lowest BCUT2D eigenvalue weighted by Crippen LogP contribution is -2.47. The molecule has 32 heavy (non-hydrogen) atoms. The maximum Gasteiger partial charge on any atom is 0.411 e. The Morgan fingerprint density at radius 2 is 1.72 bits per heavy atom. The minimum atomic E-state index is -0.532. The molecule has 0 spiro atoms. The second-order valence-electron chi connectivity index (χ2n) is 7.07. The number of carbonyl (C=O) groups excluding carboxylic acids is 3. The molecule has 1 fully saturated rings. The van der Waals surface area contributed by atoms with Crippen molar-refractivity contribution in [3.63, 3.8) is 0 Å². The molecule has 0 saturated carbocycles. The van der Waals surface area contributed by atoms with Crippen molar-refractivity contribution in [3.05, 3.63) is 86.4 Å². The molecule has 2 aromatic carbocycles. The van der Waals surface area contributed by atoms with E-state index in [-0.39, 0.29) is 27.8 Å². The van der Waals surface area contributed by atoms with E-state index in [0.29, 0.717) is 18.8 Å². The van der Waals surface area contributed by atoms with Crippen LogP contribution in [0.4, 0.5) is 10.5 Å². The number of nitrogens with one attached hydrogen (secondary N) is 1. The average Bonchev–Trinajstić information content (AvgIpc) is 3.33. The second kappa shape index (κ2) is 10.6. The number of benzene rings is 2. The maximum atomic E-state index is 13.0. The number of likely N-dealkylation sites (tertiary alicyclic amines) is 1. The number of Topliss-reactive ketones (excluding diaryl/α,β-unsaturated/α-hetero) is 1. The van der Waals surface area contributed by atoms with Crippen molar-refractivity contribution in [1.29, 1.82) is 0 Å². The molecule has 0 radical (unpaired) electrons. The molecule has 1 atom stereocenters. The molecule has 0 aromatic heterocycles. The van der Waals surface area contributed by atoms with E-state index in [1.807, 2.05) is 53.3 Å². The first kappa shape index (κ1) is 22.9. The van der Waals surface area contributed by atoms with Crippen molar-refractivity contribution in [3.8, 4) is 0 Å². The smallest absolute Gasteiger partial charge is 0.411 e. The Bertz CT molecular complexity index is 1080. The summed E-state index contributed by atoms with van der Waals surface area (Å²) in [5.74, 6) is -0.326. The summed E-state index contributed by atoms with van der Waals surface area (Å²) in [6.45, 7) is 0.968. The van der Waals surface area contributed by atoms with Gasteiger partial charge in [-0.3, -0.25) is 14.9 Å². The van der Waals surface area contributed by atoms with Crippen LogP contribution in [0.25, 0.3) is 0 Å². The van der Waals surface area contributed by atoms with Gasteiger partial charge in [-0.1, -0.05) is 88.6 Å². The van der Waals surface area contributed by atoms with E-state index >= 15 is 0 Å². The van der Waals surface area contributed by atoms with Crippen molar-refractivity contribution in [2.75, 3.05) is 11.9 Å². The third kappa shape index (κ3) is 5.57. The Balaban J connectivity index is 1.36. The molecule has 2 amide bonds. The quantitative estimate of drug-likeness (QED) is 0.224. The number of thioether (sulfide) groups is 2. The number of hydrogen-bond acceptors (Lipinski definition) is 6. The Hall–Kier alpha value is -2.24. The number of rotatable bonds is 5. The first-order chi connectivity index (χ1) is 15.5. The molecule has 164 valence electrons. The van der Waals surface area contributed by atoms with E-state index in [2.05, 4.69) is 27.9 Å². The Morgan fingerprint density at radius 3 is 2.41 bits per heavy atom. The Labute approximate surface area is 208 Å². The van der Waals surface area contributed by atoms with Crippen LogP contribution < -0.4 is 5.32 Å². The third-order valence-electron chi connectivity index (χ3n) is 4.81. The number of alkyl halides is 1. The SMILES string of the molecule is O=C(Nc1ccc(CN2CC(I)C(=O)C(=C3SC=CS3)C2=O)cc1)OCc1ccccc1. The van der Waals surface area contributed by atoms with Crippen LogP contribution in [-0.4, -0.2) is 33.2 Å². The topological polar surface area (TPSA) is 75.7 Å². The van der Waals surface area contributed by atoms with Crippen LogP contribution in [0.2, 0.25) is 0 Å². The molecule has 6 nitrogen and oxygen atoms in total. The first-order valence-electron chi connectivity index (χ1n) is 9.78. The van der Waals surface area contributed by atoms with Crippen molar-refractivity contribution >= 4 is 69.6 Å². The third-order valence-corrected chi connectivity index (χ3v) is 7.90. The number of halogens is 1. The average molecular weight is 578 g/mol. The van der Waals surface area contributed by atoms with E-state index in [4.69, 9.17) is 4.74 Å². The van der Waals surface area contributed by atoms with Gasteiger partial charge in [0.2, 0.25) is 0 Å². The predicted octanol–water partition coefficient (Wildman–Crippen LogP) is 5.31. The van der Waals surface area contributed by atoms with Gasteiger partial charge < -0.3 is 9.64 Å². The molecule has 2 aromatic rings. The van der Waals surface area contributed by atoms with Gasteiger partial charge in [-0.25, -0.2) is 4.79 Å². The number of amides is 2. The van der Waals surface area contributed by atoms with Gasteiger partial charge in [-0.2, -0.15) is 0 Å². The zero-order valence-electron chi connectivity index (χ0n) is 16.8. The number of ketones is 1. The minimum Gasteiger partial charge on any atom is -0.444 e. The van der Waals surface area contributed by atoms with Gasteiger partial charge in [-0.05, 0) is 34.1 Å². The van der Waals surface area contributed by atoms with Crippen LogP contribution >= 0.6 is 46.1 Å². The number of piperidine rings is 1. The van der Waals surface area contributed by atoms with Crippen molar-refractivity contribution in [2.24, 2.45) is 0 Å². The Morgan fingerprint density at radius 1 is 1.03 bits per heavy atom. The van der Waals surface area contributed by atoms with Crippen LogP contribution in [0.3, 0.4) is 0 Å². The highest BCUT2D eigenvalue weighted by molar-refractivity contribution is 14.1. The molecular formula is C23H19IN2O4S2. The molecule has 0 aliphatic carbocycles. The summed E-state index contributed by atoms with van der Waals surface area (Å²) in [7, 11) is 0. The number of hydrogen-bond donors (Lipinski definition) is 1. The van der Waals surface area contributed by atoms with E-state index < -0.39 is 6.09 Å². The highest BCUT2D eigenvalue weighted by atomic mass is 127. The molecule has 4 rings (SSSR count). The normalized spacial score (nSPS) is 18.3. The van der Waals surface area contributed by atoms with Crippen molar-refractivity contribution < 1.29 is 19.1 Å². The number of anilines is 1. The number of nitrogens with zero attached hydrogens (tertiary/aromatic N) is 1. The molecule has 9 heteroatoms. The van der Waals surface area contributed by atoms with Crippen LogP contribution in [0.1, 0.15) is 11.1 Å². The van der Waals surface area contributed by atoms with Crippen molar-refractivity contribution in [1.82, 2.24) is 4.90 Å². The monoisotopic (exact) mass is 578 g/mol. The molecule has 1 saturated heterocycles. The molecule has 2 heterocycles. The van der Waals surface area contributed by atoms with Crippen LogP contribution in [0, 0.1) is 0 Å². The lowest BCUT2D eigenvalue weighted by atomic mass is 10.0. The van der Waals surface area contributed by atoms with Gasteiger partial charge in [0.25, 0.3) is 5.91 Å². The minimum absolute atomic E-state index is 0.0980. The molecule has 0 bridgehead atoms. The van der Waals surface area contributed by atoms with Crippen molar-refractivity contribution in [2.45, 2.75) is 17.1 Å². The summed E-state index contributed by atoms with van der Waals surface area (Å²) in [5, 5.41) is 6.46. The maximum absolute atomic E-state index is 13.0. The fourth-order valence-corrected chi connectivity index (χ4v) is 5.86. The van der Waals surface area contributed by atoms with Gasteiger partial charge in [0, 0.05) is 18.8 Å². The van der Waals surface area contributed by atoms with Crippen LogP contribution in [-0.2, 0) is 27.5 Å². The summed E-state index contributed by atoms with van der Waals surface area (Å²) in [6, 6.07) is 16.7. The van der Waals surface area contributed by atoms with E-state index in [9.17, 15) is 14.4 Å². The fraction of sp³-hybridized carbons (Fsp3) is 0.174. The van der Waals surface area contributed by atoms with Crippen LogP contribution in [0.15, 0.2) is 75.2 Å². The van der Waals surface area contributed by atoms with E-state index in [0.717, 1.165) is 15.4 Å². The Kier molecular flexibility index (Phi) is 7.59. The largest absolute Gasteiger partial charge is 0.444 e. The predicted molar refractivity (Wildman–Crippen MR) is 136 cm³/mol. The highest BCUT2D eigenvalue weighted by Gasteiger charge is 2.38. The zero-order chi connectivity index (χ0) is 22.5. The number of carbonyl (C=O) groups is 3. The summed E-state index contributed by atoms with van der Waals surface area (Å²) >= 11 is 4.94. The van der Waals surface area contributed by atoms with Crippen LogP contribution in [0.5, 0.6) is 0 Å². The molecule has 2 aliphatic rings. The van der Waals surface area contributed by atoms with Gasteiger partial charge in [0.15, 0.2) is 5.78 Å². The summed E-state index contributed by atoms with van der Waals surface area (Å²) in [5.41, 5.74) is 2.71. The summed E-state index contributed by atoms with van der Waals surface area (Å²) in [4.78, 5) is 39.3. The van der Waals surface area contributed by atoms with E-state index in [1.54, 1.807) is 17.0 Å². The van der Waals surface area contributed by atoms with Gasteiger partial charge >= 0.3 is 6.09 Å². The standard InChI is InChI=1S/C23H19IN2O4S2/c24-18-13-26(21(28)19(20(18)27)22-31-10-11-32-22)12-15-6-8-17(9-7-15)25-23(29)30-14-16-4-2-1-3-5-16/h1-11,18H,12-14H2,(H,25,29). The zero-order valence-corrected chi connectivity index (χ0v) is 20.6. The second-order valence-corrected chi connectivity index (χ2v) is 10.7. The van der Waals surface area contributed by atoms with Gasteiger partial charge in [-0.15, -0.1) is 0 Å². The fourth-order valence-electron chi connectivity index (χ4n) is 3.22. The van der Waals surface area contributed by atoms with E-state index in [1.165, 1.54) is 23.5 Å². The molecular weight excluding hydrogens is 559 g/mol. The lowest BCUT2D eigenvalue weighted by molar-refractivity contribution is -0.133. The molecule has 1 N–H and O–H groups in total. The summed E-state index contributed by atoms with van der Waals surface area (Å²) < 4.78 is 5.71.